The monoisotopic (exact) mass is 389 g/mol. The van der Waals surface area contributed by atoms with Crippen LogP contribution in [0.2, 0.25) is 0 Å². The summed E-state index contributed by atoms with van der Waals surface area (Å²) in [5.41, 5.74) is 3.54. The molecule has 1 aliphatic rings. The Morgan fingerprint density at radius 2 is 1.59 bits per heavy atom. The van der Waals surface area contributed by atoms with E-state index < -0.39 is 0 Å². The number of nitrogens with zero attached hydrogens (tertiary/aromatic N) is 1. The largest absolute Gasteiger partial charge is 0.361 e. The molecule has 1 aliphatic heterocycles. The lowest BCUT2D eigenvalue weighted by Gasteiger charge is -2.20. The van der Waals surface area contributed by atoms with Crippen LogP contribution in [0.5, 0.6) is 0 Å². The zero-order valence-electron chi connectivity index (χ0n) is 16.6. The predicted octanol–water partition coefficient (Wildman–Crippen LogP) is 4.16. The quantitative estimate of drug-likeness (QED) is 0.688. The van der Waals surface area contributed by atoms with Crippen molar-refractivity contribution in [2.75, 3.05) is 19.6 Å². The Kier molecular flexibility index (Phi) is 5.94. The van der Waals surface area contributed by atoms with Crippen molar-refractivity contribution in [1.82, 2.24) is 15.2 Å². The van der Waals surface area contributed by atoms with Gasteiger partial charge in [0.1, 0.15) is 0 Å². The minimum Gasteiger partial charge on any atom is -0.361 e. The molecule has 1 aromatic heterocycles. The summed E-state index contributed by atoms with van der Waals surface area (Å²) < 4.78 is 0. The van der Waals surface area contributed by atoms with Crippen LogP contribution < -0.4 is 5.32 Å². The summed E-state index contributed by atoms with van der Waals surface area (Å²) in [5, 5.41) is 4.17. The van der Waals surface area contributed by atoms with Gasteiger partial charge >= 0.3 is 0 Å². The molecule has 2 heterocycles. The summed E-state index contributed by atoms with van der Waals surface area (Å²) in [5.74, 6) is -0.0446. The fourth-order valence-electron chi connectivity index (χ4n) is 3.97. The molecule has 0 spiro atoms. The lowest BCUT2D eigenvalue weighted by atomic mass is 10.1. The van der Waals surface area contributed by atoms with E-state index in [9.17, 15) is 9.59 Å². The molecule has 0 unspecified atom stereocenters. The number of benzene rings is 2. The molecule has 5 heteroatoms. The van der Waals surface area contributed by atoms with Gasteiger partial charge in [0, 0.05) is 47.9 Å². The maximum atomic E-state index is 12.7. The number of hydrogen-bond acceptors (Lipinski definition) is 2. The highest BCUT2D eigenvalue weighted by atomic mass is 16.2. The lowest BCUT2D eigenvalue weighted by Crippen LogP contribution is -2.32. The zero-order chi connectivity index (χ0) is 20.1. The number of carbonyl (C=O) groups excluding carboxylic acids is 2. The molecule has 0 bridgehead atoms. The maximum Gasteiger partial charge on any atom is 0.253 e. The SMILES string of the molecule is O=C(NCCc1c[nH]c2ccccc12)c1ccc(C(=O)N2CCCCCC2)cc1. The number of fused-ring (bicyclic) bond motifs is 1. The standard InChI is InChI=1S/C24H27N3O2/c28-23(25-14-13-20-17-26-22-8-4-3-7-21(20)22)18-9-11-19(12-10-18)24(29)27-15-5-1-2-6-16-27/h3-4,7-12,17,26H,1-2,5-6,13-16H2,(H,25,28). The minimum absolute atomic E-state index is 0.0678. The third kappa shape index (κ3) is 4.50. The molecule has 3 aromatic rings. The molecule has 29 heavy (non-hydrogen) atoms. The van der Waals surface area contributed by atoms with Crippen molar-refractivity contribution in [3.8, 4) is 0 Å². The van der Waals surface area contributed by atoms with Gasteiger partial charge < -0.3 is 15.2 Å². The van der Waals surface area contributed by atoms with Crippen LogP contribution in [0, 0.1) is 0 Å². The fraction of sp³-hybridized carbons (Fsp3) is 0.333. The number of nitrogens with one attached hydrogen (secondary N) is 2. The summed E-state index contributed by atoms with van der Waals surface area (Å²) in [6.07, 6.45) is 7.30. The summed E-state index contributed by atoms with van der Waals surface area (Å²) >= 11 is 0. The molecule has 2 amide bonds. The van der Waals surface area contributed by atoms with Crippen molar-refractivity contribution in [2.45, 2.75) is 32.1 Å². The molecule has 150 valence electrons. The first-order valence-corrected chi connectivity index (χ1v) is 10.4. The number of hydrogen-bond donors (Lipinski definition) is 2. The molecule has 1 fully saturated rings. The number of H-pyrrole nitrogens is 1. The first-order valence-electron chi connectivity index (χ1n) is 10.4. The summed E-state index contributed by atoms with van der Waals surface area (Å²) in [4.78, 5) is 30.3. The second kappa shape index (κ2) is 8.95. The Morgan fingerprint density at radius 1 is 0.897 bits per heavy atom. The smallest absolute Gasteiger partial charge is 0.253 e. The Balaban J connectivity index is 1.32. The highest BCUT2D eigenvalue weighted by Gasteiger charge is 2.17. The van der Waals surface area contributed by atoms with Gasteiger partial charge in [-0.1, -0.05) is 31.0 Å². The van der Waals surface area contributed by atoms with Crippen molar-refractivity contribution < 1.29 is 9.59 Å². The lowest BCUT2D eigenvalue weighted by molar-refractivity contribution is 0.0761. The highest BCUT2D eigenvalue weighted by molar-refractivity contribution is 5.97. The van der Waals surface area contributed by atoms with Gasteiger partial charge in [-0.25, -0.2) is 0 Å². The van der Waals surface area contributed by atoms with E-state index in [2.05, 4.69) is 16.4 Å². The van der Waals surface area contributed by atoms with Crippen molar-refractivity contribution in [3.63, 3.8) is 0 Å². The van der Waals surface area contributed by atoms with E-state index in [4.69, 9.17) is 0 Å². The van der Waals surface area contributed by atoms with Crippen molar-refractivity contribution in [2.24, 2.45) is 0 Å². The second-order valence-corrected chi connectivity index (χ2v) is 7.65. The number of aromatic nitrogens is 1. The van der Waals surface area contributed by atoms with Gasteiger partial charge in [0.25, 0.3) is 11.8 Å². The van der Waals surface area contributed by atoms with Crippen LogP contribution in [0.3, 0.4) is 0 Å². The molecule has 5 nitrogen and oxygen atoms in total. The van der Waals surface area contributed by atoms with Crippen LogP contribution >= 0.6 is 0 Å². The van der Waals surface area contributed by atoms with Gasteiger partial charge in [-0.2, -0.15) is 0 Å². The van der Waals surface area contributed by atoms with Crippen LogP contribution in [-0.4, -0.2) is 41.3 Å². The van der Waals surface area contributed by atoms with Crippen molar-refractivity contribution in [1.29, 1.82) is 0 Å². The summed E-state index contributed by atoms with van der Waals surface area (Å²) in [7, 11) is 0. The summed E-state index contributed by atoms with van der Waals surface area (Å²) in [6, 6.07) is 15.2. The topological polar surface area (TPSA) is 65.2 Å². The van der Waals surface area contributed by atoms with Crippen LogP contribution in [0.4, 0.5) is 0 Å². The second-order valence-electron chi connectivity index (χ2n) is 7.65. The minimum atomic E-state index is -0.112. The third-order valence-electron chi connectivity index (χ3n) is 5.64. The molecular weight excluding hydrogens is 362 g/mol. The Hall–Kier alpha value is -3.08. The van der Waals surface area contributed by atoms with Gasteiger partial charge in [0.05, 0.1) is 0 Å². The normalized spacial score (nSPS) is 14.6. The van der Waals surface area contributed by atoms with E-state index in [1.54, 1.807) is 24.3 Å². The molecule has 2 aromatic carbocycles. The first kappa shape index (κ1) is 19.2. The molecule has 0 radical (unpaired) electrons. The average molecular weight is 389 g/mol. The van der Waals surface area contributed by atoms with E-state index in [0.717, 1.165) is 37.9 Å². The van der Waals surface area contributed by atoms with E-state index >= 15 is 0 Å². The Morgan fingerprint density at radius 3 is 2.34 bits per heavy atom. The number of amides is 2. The Labute approximate surface area is 171 Å². The summed E-state index contributed by atoms with van der Waals surface area (Å²) in [6.45, 7) is 2.22. The van der Waals surface area contributed by atoms with Crippen LogP contribution in [0.15, 0.2) is 54.7 Å². The number of rotatable bonds is 5. The van der Waals surface area contributed by atoms with Crippen LogP contribution in [0.25, 0.3) is 10.9 Å². The van der Waals surface area contributed by atoms with Gasteiger partial charge in [-0.15, -0.1) is 0 Å². The molecule has 0 atom stereocenters. The molecule has 2 N–H and O–H groups in total. The Bertz CT molecular complexity index is 983. The molecule has 0 saturated carbocycles. The highest BCUT2D eigenvalue weighted by Crippen LogP contribution is 2.18. The van der Waals surface area contributed by atoms with E-state index in [1.807, 2.05) is 29.3 Å². The van der Waals surface area contributed by atoms with E-state index in [-0.39, 0.29) is 11.8 Å². The van der Waals surface area contributed by atoms with Gasteiger partial charge in [0.2, 0.25) is 0 Å². The van der Waals surface area contributed by atoms with E-state index in [0.29, 0.717) is 17.7 Å². The molecule has 1 saturated heterocycles. The first-order chi connectivity index (χ1) is 14.2. The van der Waals surface area contributed by atoms with Crippen LogP contribution in [-0.2, 0) is 6.42 Å². The van der Waals surface area contributed by atoms with Crippen molar-refractivity contribution in [3.05, 3.63) is 71.4 Å². The van der Waals surface area contributed by atoms with E-state index in [1.165, 1.54) is 23.8 Å². The molecule has 4 rings (SSSR count). The average Bonchev–Trinajstić information content (AvgIpc) is 2.98. The van der Waals surface area contributed by atoms with Crippen molar-refractivity contribution >= 4 is 22.7 Å². The number of carbonyl (C=O) groups is 2. The van der Waals surface area contributed by atoms with Gasteiger partial charge in [-0.3, -0.25) is 9.59 Å². The zero-order valence-corrected chi connectivity index (χ0v) is 16.6. The molecular formula is C24H27N3O2. The predicted molar refractivity (Wildman–Crippen MR) is 115 cm³/mol. The number of likely N-dealkylation sites (tertiary alicyclic amines) is 1. The number of para-hydroxylation sites is 1. The van der Waals surface area contributed by atoms with Gasteiger partial charge in [-0.05, 0) is 55.2 Å². The maximum absolute atomic E-state index is 12.7. The molecule has 0 aliphatic carbocycles. The number of aromatic amines is 1. The van der Waals surface area contributed by atoms with Gasteiger partial charge in [0.15, 0.2) is 0 Å². The fourth-order valence-corrected chi connectivity index (χ4v) is 3.97. The van der Waals surface area contributed by atoms with Crippen LogP contribution in [0.1, 0.15) is 52.0 Å². The third-order valence-corrected chi connectivity index (χ3v) is 5.64.